The molecule has 2 bridgehead atoms. The van der Waals surface area contributed by atoms with Crippen molar-refractivity contribution in [2.75, 3.05) is 6.54 Å². The van der Waals surface area contributed by atoms with Crippen molar-refractivity contribution in [1.29, 1.82) is 0 Å². The van der Waals surface area contributed by atoms with E-state index in [1.807, 2.05) is 6.07 Å². The number of aliphatic hydroxyl groups excluding tert-OH is 1. The van der Waals surface area contributed by atoms with E-state index in [0.29, 0.717) is 6.04 Å². The Kier molecular flexibility index (Phi) is 2.12. The molecular formula is C15H19NO. The smallest absolute Gasteiger partial charge is 0.0951 e. The van der Waals surface area contributed by atoms with Gasteiger partial charge in [0.25, 0.3) is 0 Å². The number of benzene rings is 1. The van der Waals surface area contributed by atoms with E-state index in [-0.39, 0.29) is 6.10 Å². The summed E-state index contributed by atoms with van der Waals surface area (Å²) >= 11 is 0. The second-order valence-corrected chi connectivity index (χ2v) is 5.94. The van der Waals surface area contributed by atoms with Gasteiger partial charge in [-0.15, -0.1) is 0 Å². The predicted octanol–water partition coefficient (Wildman–Crippen LogP) is 2.13. The third-order valence-electron chi connectivity index (χ3n) is 5.04. The van der Waals surface area contributed by atoms with E-state index in [1.54, 1.807) is 0 Å². The summed E-state index contributed by atoms with van der Waals surface area (Å²) in [6.07, 6.45) is 4.92. The summed E-state index contributed by atoms with van der Waals surface area (Å²) in [5.41, 5.74) is 2.52. The van der Waals surface area contributed by atoms with Gasteiger partial charge in [-0.05, 0) is 42.7 Å². The maximum atomic E-state index is 10.5. The van der Waals surface area contributed by atoms with Gasteiger partial charge in [0.2, 0.25) is 0 Å². The van der Waals surface area contributed by atoms with Gasteiger partial charge in [0, 0.05) is 18.6 Å². The van der Waals surface area contributed by atoms with Crippen molar-refractivity contribution >= 4 is 0 Å². The van der Waals surface area contributed by atoms with Crippen molar-refractivity contribution in [3.8, 4) is 0 Å². The van der Waals surface area contributed by atoms with Gasteiger partial charge in [-0.1, -0.05) is 24.3 Å². The molecule has 1 heterocycles. The van der Waals surface area contributed by atoms with Crippen molar-refractivity contribution in [3.63, 3.8) is 0 Å². The molecule has 4 rings (SSSR count). The van der Waals surface area contributed by atoms with Crippen molar-refractivity contribution in [2.24, 2.45) is 5.92 Å². The normalized spacial score (nSPS) is 39.8. The first-order valence-corrected chi connectivity index (χ1v) is 6.84. The minimum atomic E-state index is -0.259. The lowest BCUT2D eigenvalue weighted by Crippen LogP contribution is -2.43. The predicted molar refractivity (Wildman–Crippen MR) is 66.7 cm³/mol. The lowest BCUT2D eigenvalue weighted by molar-refractivity contribution is 0.0421. The van der Waals surface area contributed by atoms with E-state index >= 15 is 0 Å². The molecule has 2 heteroatoms. The van der Waals surface area contributed by atoms with Gasteiger partial charge in [0.05, 0.1) is 6.10 Å². The molecule has 90 valence electrons. The Bertz CT molecular complexity index is 444. The number of aliphatic hydroxyl groups is 1. The molecule has 0 aromatic heterocycles. The molecule has 1 saturated carbocycles. The van der Waals surface area contributed by atoms with Crippen LogP contribution in [0.3, 0.4) is 0 Å². The first kappa shape index (κ1) is 10.1. The number of nitrogens with zero attached hydrogens (tertiary/aromatic N) is 1. The van der Waals surface area contributed by atoms with Crippen LogP contribution in [-0.4, -0.2) is 28.6 Å². The van der Waals surface area contributed by atoms with E-state index in [9.17, 15) is 5.11 Å². The van der Waals surface area contributed by atoms with Crippen molar-refractivity contribution in [2.45, 2.75) is 43.9 Å². The first-order valence-electron chi connectivity index (χ1n) is 6.84. The van der Waals surface area contributed by atoms with Crippen LogP contribution < -0.4 is 0 Å². The van der Waals surface area contributed by atoms with Crippen LogP contribution in [0.4, 0.5) is 0 Å². The van der Waals surface area contributed by atoms with E-state index in [1.165, 1.54) is 36.9 Å². The molecule has 2 fully saturated rings. The third-order valence-corrected chi connectivity index (χ3v) is 5.04. The average Bonchev–Trinajstić information content (AvgIpc) is 3.03. The van der Waals surface area contributed by atoms with Crippen molar-refractivity contribution < 1.29 is 5.11 Å². The molecule has 17 heavy (non-hydrogen) atoms. The lowest BCUT2D eigenvalue weighted by Gasteiger charge is -2.34. The number of piperidine rings is 1. The number of hydrogen-bond donors (Lipinski definition) is 1. The van der Waals surface area contributed by atoms with E-state index in [2.05, 4.69) is 23.1 Å². The van der Waals surface area contributed by atoms with Gasteiger partial charge in [-0.3, -0.25) is 4.90 Å². The third kappa shape index (κ3) is 1.40. The quantitative estimate of drug-likeness (QED) is 0.797. The maximum Gasteiger partial charge on any atom is 0.0951 e. The van der Waals surface area contributed by atoms with Crippen LogP contribution in [0.2, 0.25) is 0 Å². The Morgan fingerprint density at radius 3 is 2.76 bits per heavy atom. The van der Waals surface area contributed by atoms with Crippen LogP contribution in [0.25, 0.3) is 0 Å². The van der Waals surface area contributed by atoms with Gasteiger partial charge in [0.1, 0.15) is 0 Å². The lowest BCUT2D eigenvalue weighted by atomic mass is 10.0. The van der Waals surface area contributed by atoms with Crippen molar-refractivity contribution in [3.05, 3.63) is 35.4 Å². The highest BCUT2D eigenvalue weighted by atomic mass is 16.3. The zero-order valence-corrected chi connectivity index (χ0v) is 10.0. The summed E-state index contributed by atoms with van der Waals surface area (Å²) in [4.78, 5) is 2.60. The summed E-state index contributed by atoms with van der Waals surface area (Å²) in [6, 6.07) is 9.50. The molecule has 3 aliphatic rings. The number of rotatable bonds is 1. The molecule has 1 saturated heterocycles. The zero-order chi connectivity index (χ0) is 11.4. The number of fused-ring (bicyclic) bond motifs is 3. The summed E-state index contributed by atoms with van der Waals surface area (Å²) in [6.45, 7) is 1.22. The summed E-state index contributed by atoms with van der Waals surface area (Å²) in [5, 5.41) is 10.5. The van der Waals surface area contributed by atoms with Crippen LogP contribution in [0.15, 0.2) is 24.3 Å². The second kappa shape index (κ2) is 3.56. The highest BCUT2D eigenvalue weighted by Crippen LogP contribution is 2.44. The Balaban J connectivity index is 1.62. The molecule has 0 spiro atoms. The Morgan fingerprint density at radius 2 is 2.06 bits per heavy atom. The highest BCUT2D eigenvalue weighted by molar-refractivity contribution is 5.36. The largest absolute Gasteiger partial charge is 0.387 e. The number of likely N-dealkylation sites (tertiary alicyclic amines) is 1. The maximum absolute atomic E-state index is 10.5. The summed E-state index contributed by atoms with van der Waals surface area (Å²) < 4.78 is 0. The molecule has 0 amide bonds. The molecule has 1 aliphatic heterocycles. The highest BCUT2D eigenvalue weighted by Gasteiger charge is 2.45. The Hall–Kier alpha value is -0.860. The summed E-state index contributed by atoms with van der Waals surface area (Å²) in [7, 11) is 0. The fourth-order valence-corrected chi connectivity index (χ4v) is 4.22. The summed E-state index contributed by atoms with van der Waals surface area (Å²) in [5.74, 6) is 0.913. The minimum absolute atomic E-state index is 0.259. The van der Waals surface area contributed by atoms with Crippen LogP contribution in [-0.2, 0) is 6.42 Å². The standard InChI is InChI=1S/C15H19NO/c17-15-13-4-2-1-3-11(13)8-14(15)16-9-10-5-6-12(16)7-10/h1-4,10,12,14-15,17H,5-9H2. The van der Waals surface area contributed by atoms with E-state index in [0.717, 1.165) is 18.4 Å². The average molecular weight is 229 g/mol. The first-order chi connectivity index (χ1) is 8.33. The molecule has 2 aliphatic carbocycles. The van der Waals surface area contributed by atoms with Crippen LogP contribution in [0, 0.1) is 5.92 Å². The van der Waals surface area contributed by atoms with Crippen LogP contribution >= 0.6 is 0 Å². The second-order valence-electron chi connectivity index (χ2n) is 5.94. The molecule has 4 unspecified atom stereocenters. The molecule has 0 radical (unpaired) electrons. The molecule has 2 nitrogen and oxygen atoms in total. The minimum Gasteiger partial charge on any atom is -0.387 e. The van der Waals surface area contributed by atoms with Gasteiger partial charge in [-0.2, -0.15) is 0 Å². The monoisotopic (exact) mass is 229 g/mol. The molecular weight excluding hydrogens is 210 g/mol. The topological polar surface area (TPSA) is 23.5 Å². The Labute approximate surface area is 102 Å². The van der Waals surface area contributed by atoms with Crippen LogP contribution in [0.5, 0.6) is 0 Å². The van der Waals surface area contributed by atoms with Crippen molar-refractivity contribution in [1.82, 2.24) is 4.90 Å². The van der Waals surface area contributed by atoms with Gasteiger partial charge in [-0.25, -0.2) is 0 Å². The van der Waals surface area contributed by atoms with Crippen LogP contribution in [0.1, 0.15) is 36.5 Å². The fourth-order valence-electron chi connectivity index (χ4n) is 4.22. The zero-order valence-electron chi connectivity index (χ0n) is 10.0. The van der Waals surface area contributed by atoms with E-state index in [4.69, 9.17) is 0 Å². The molecule has 1 aromatic rings. The molecule has 1 aromatic carbocycles. The molecule has 4 atom stereocenters. The van der Waals surface area contributed by atoms with Gasteiger partial charge >= 0.3 is 0 Å². The van der Waals surface area contributed by atoms with Gasteiger partial charge in [0.15, 0.2) is 0 Å². The van der Waals surface area contributed by atoms with E-state index < -0.39 is 0 Å². The Morgan fingerprint density at radius 1 is 1.18 bits per heavy atom. The number of hydrogen-bond acceptors (Lipinski definition) is 2. The SMILES string of the molecule is OC1c2ccccc2CC1N1CC2CCC1C2. The van der Waals surface area contributed by atoms with Gasteiger partial charge < -0.3 is 5.11 Å². The fraction of sp³-hybridized carbons (Fsp3) is 0.600. The molecule has 1 N–H and O–H groups in total.